The maximum atomic E-state index is 10.3. The molecule has 0 aliphatic rings. The number of phenols is 2. The minimum atomic E-state index is -0.0141. The highest BCUT2D eigenvalue weighted by Crippen LogP contribution is 2.35. The molecule has 244 valence electrons. The van der Waals surface area contributed by atoms with Crippen molar-refractivity contribution in [2.45, 2.75) is 52.4 Å². The monoisotopic (exact) mass is 764 g/mol. The van der Waals surface area contributed by atoms with Gasteiger partial charge in [0, 0.05) is 46.7 Å². The number of para-hydroxylation sites is 2. The van der Waals surface area contributed by atoms with Gasteiger partial charge in [-0.15, -0.1) is 0 Å². The van der Waals surface area contributed by atoms with Crippen LogP contribution in [0.25, 0.3) is 21.8 Å². The molecule has 0 aliphatic heterocycles. The van der Waals surface area contributed by atoms with Gasteiger partial charge in [-0.25, -0.2) is 0 Å². The Kier molecular flexibility index (Phi) is 10.5. The normalized spacial score (nSPS) is 12.2. The van der Waals surface area contributed by atoms with Crippen LogP contribution in [-0.4, -0.2) is 32.6 Å². The van der Waals surface area contributed by atoms with Crippen molar-refractivity contribution in [2.75, 3.05) is 0 Å². The minimum Gasteiger partial charge on any atom is -0.506 e. The lowest BCUT2D eigenvalue weighted by atomic mass is 9.86. The lowest BCUT2D eigenvalue weighted by molar-refractivity contribution is 0.469. The van der Waals surface area contributed by atoms with E-state index >= 15 is 0 Å². The molecule has 0 atom stereocenters. The highest BCUT2D eigenvalue weighted by atomic mass is 79.9. The van der Waals surface area contributed by atoms with Crippen molar-refractivity contribution in [3.05, 3.63) is 129 Å². The summed E-state index contributed by atoms with van der Waals surface area (Å²) in [6.07, 6.45) is 6.91. The average Bonchev–Trinajstić information content (AvgIpc) is 3.05. The summed E-state index contributed by atoms with van der Waals surface area (Å²) in [5, 5.41) is 22.7. The third kappa shape index (κ3) is 8.17. The van der Waals surface area contributed by atoms with Crippen LogP contribution in [0.2, 0.25) is 0 Å². The molecule has 2 aromatic heterocycles. The zero-order valence-corrected chi connectivity index (χ0v) is 31.0. The number of halogens is 2. The molecular formula is C40H38Br2N4O2. The molecule has 0 amide bonds. The maximum absolute atomic E-state index is 10.3. The third-order valence-electron chi connectivity index (χ3n) is 7.83. The first-order valence-electron chi connectivity index (χ1n) is 15.5. The number of aliphatic imine (C=N–C) groups is 2. The second-order valence-corrected chi connectivity index (χ2v) is 15.2. The SMILES string of the molecule is CC(C)(C)c1cc(Br)c(O)c(C=Nc2cccc3cccnc23)c1.CC(C)(C)c1cc(Br)c(O)c(C=Nc2cccc3cccnc23)c1. The molecule has 0 unspecified atom stereocenters. The van der Waals surface area contributed by atoms with Gasteiger partial charge in [0.2, 0.25) is 0 Å². The quantitative estimate of drug-likeness (QED) is 0.175. The van der Waals surface area contributed by atoms with E-state index in [9.17, 15) is 10.2 Å². The van der Waals surface area contributed by atoms with E-state index in [2.05, 4.69) is 93.4 Å². The van der Waals surface area contributed by atoms with Crippen molar-refractivity contribution in [1.82, 2.24) is 9.97 Å². The molecule has 0 fully saturated rings. The van der Waals surface area contributed by atoms with Crippen LogP contribution >= 0.6 is 31.9 Å². The van der Waals surface area contributed by atoms with Crippen molar-refractivity contribution in [2.24, 2.45) is 9.98 Å². The highest BCUT2D eigenvalue weighted by molar-refractivity contribution is 9.11. The van der Waals surface area contributed by atoms with Gasteiger partial charge in [0.1, 0.15) is 11.5 Å². The first-order valence-corrected chi connectivity index (χ1v) is 17.1. The fourth-order valence-corrected chi connectivity index (χ4v) is 5.92. The molecule has 6 aromatic rings. The molecule has 8 heteroatoms. The molecule has 0 radical (unpaired) electrons. The topological polar surface area (TPSA) is 91.0 Å². The minimum absolute atomic E-state index is 0.0141. The lowest BCUT2D eigenvalue weighted by Gasteiger charge is -2.20. The van der Waals surface area contributed by atoms with E-state index in [4.69, 9.17) is 0 Å². The van der Waals surface area contributed by atoms with E-state index in [-0.39, 0.29) is 22.3 Å². The van der Waals surface area contributed by atoms with Crippen LogP contribution < -0.4 is 0 Å². The summed E-state index contributed by atoms with van der Waals surface area (Å²) in [7, 11) is 0. The van der Waals surface area contributed by atoms with E-state index in [1.807, 2.05) is 84.9 Å². The molecule has 0 bridgehead atoms. The van der Waals surface area contributed by atoms with Gasteiger partial charge in [-0.1, -0.05) is 77.9 Å². The molecule has 0 spiro atoms. The Morgan fingerprint density at radius 2 is 0.938 bits per heavy atom. The third-order valence-corrected chi connectivity index (χ3v) is 9.04. The molecule has 0 saturated carbocycles. The number of phenolic OH excluding ortho intramolecular Hbond substituents is 2. The van der Waals surface area contributed by atoms with Crippen molar-refractivity contribution in [3.63, 3.8) is 0 Å². The molecule has 4 aromatic carbocycles. The van der Waals surface area contributed by atoms with E-state index in [0.717, 1.165) is 44.3 Å². The highest BCUT2D eigenvalue weighted by Gasteiger charge is 2.18. The summed E-state index contributed by atoms with van der Waals surface area (Å²) in [6.45, 7) is 12.8. The number of nitrogens with zero attached hydrogens (tertiary/aromatic N) is 4. The van der Waals surface area contributed by atoms with Crippen LogP contribution in [-0.2, 0) is 10.8 Å². The fourth-order valence-electron chi connectivity index (χ4n) is 4.97. The Bertz CT molecular complexity index is 2000. The summed E-state index contributed by atoms with van der Waals surface area (Å²) in [4.78, 5) is 17.9. The zero-order valence-electron chi connectivity index (χ0n) is 27.8. The standard InChI is InChI=1S/2C20H19BrN2O/c2*1-20(2,3)15-10-14(19(24)16(21)11-15)12-23-17-8-4-6-13-7-5-9-22-18(13)17/h2*4-12,24H,1-3H3. The fraction of sp³-hybridized carbons (Fsp3) is 0.200. The smallest absolute Gasteiger partial charge is 0.138 e. The van der Waals surface area contributed by atoms with Gasteiger partial charge in [-0.3, -0.25) is 20.0 Å². The second kappa shape index (κ2) is 14.4. The number of aromatic nitrogens is 2. The van der Waals surface area contributed by atoms with E-state index < -0.39 is 0 Å². The molecular weight excluding hydrogens is 728 g/mol. The Balaban J connectivity index is 0.000000188. The van der Waals surface area contributed by atoms with E-state index in [1.165, 1.54) is 0 Å². The largest absolute Gasteiger partial charge is 0.506 e. The summed E-state index contributed by atoms with van der Waals surface area (Å²) >= 11 is 6.86. The zero-order chi connectivity index (χ0) is 34.6. The number of hydrogen-bond acceptors (Lipinski definition) is 6. The summed E-state index contributed by atoms with van der Waals surface area (Å²) < 4.78 is 1.35. The number of fused-ring (bicyclic) bond motifs is 2. The molecule has 6 nitrogen and oxygen atoms in total. The summed E-state index contributed by atoms with van der Waals surface area (Å²) in [5.74, 6) is 0.389. The number of rotatable bonds is 4. The predicted molar refractivity (Wildman–Crippen MR) is 207 cm³/mol. The number of benzene rings is 4. The molecule has 6 rings (SSSR count). The Labute approximate surface area is 298 Å². The van der Waals surface area contributed by atoms with Crippen LogP contribution in [0, 0.1) is 0 Å². The predicted octanol–water partition coefficient (Wildman–Crippen LogP) is 11.5. The van der Waals surface area contributed by atoms with Crippen LogP contribution in [0.5, 0.6) is 11.5 Å². The van der Waals surface area contributed by atoms with Gasteiger partial charge >= 0.3 is 0 Å². The second-order valence-electron chi connectivity index (χ2n) is 13.5. The lowest BCUT2D eigenvalue weighted by Crippen LogP contribution is -2.11. The van der Waals surface area contributed by atoms with Crippen LogP contribution in [0.15, 0.2) is 116 Å². The molecule has 0 aliphatic carbocycles. The first-order chi connectivity index (χ1) is 22.7. The van der Waals surface area contributed by atoms with Gasteiger partial charge in [-0.2, -0.15) is 0 Å². The Morgan fingerprint density at radius 1 is 0.562 bits per heavy atom. The van der Waals surface area contributed by atoms with Gasteiger partial charge in [0.05, 0.1) is 31.4 Å². The van der Waals surface area contributed by atoms with E-state index in [1.54, 1.807) is 24.8 Å². The van der Waals surface area contributed by atoms with E-state index in [0.29, 0.717) is 20.1 Å². The van der Waals surface area contributed by atoms with Crippen molar-refractivity contribution < 1.29 is 10.2 Å². The van der Waals surface area contributed by atoms with Gasteiger partial charge in [0.15, 0.2) is 0 Å². The summed E-state index contributed by atoms with van der Waals surface area (Å²) in [5.41, 5.74) is 6.86. The van der Waals surface area contributed by atoms with Gasteiger partial charge < -0.3 is 10.2 Å². The Hall–Kier alpha value is -4.40. The molecule has 2 N–H and O–H groups in total. The molecule has 48 heavy (non-hydrogen) atoms. The molecule has 2 heterocycles. The first kappa shape index (κ1) is 34.9. The number of aromatic hydroxyl groups is 2. The van der Waals surface area contributed by atoms with Crippen LogP contribution in [0.3, 0.4) is 0 Å². The maximum Gasteiger partial charge on any atom is 0.138 e. The van der Waals surface area contributed by atoms with Crippen LogP contribution in [0.4, 0.5) is 11.4 Å². The van der Waals surface area contributed by atoms with Crippen molar-refractivity contribution >= 4 is 77.5 Å². The van der Waals surface area contributed by atoms with Crippen LogP contribution in [0.1, 0.15) is 63.8 Å². The van der Waals surface area contributed by atoms with Crippen molar-refractivity contribution in [3.8, 4) is 11.5 Å². The number of pyridine rings is 2. The van der Waals surface area contributed by atoms with Crippen molar-refractivity contribution in [1.29, 1.82) is 0 Å². The molecule has 0 saturated heterocycles. The van der Waals surface area contributed by atoms with Gasteiger partial charge in [-0.05, 0) is 102 Å². The summed E-state index contributed by atoms with van der Waals surface area (Å²) in [6, 6.07) is 27.5. The van der Waals surface area contributed by atoms with Gasteiger partial charge in [0.25, 0.3) is 0 Å². The number of hydrogen-bond donors (Lipinski definition) is 2. The average molecular weight is 767 g/mol. The Morgan fingerprint density at radius 3 is 1.31 bits per heavy atom.